The molecule has 4 aromatic carbocycles. The van der Waals surface area contributed by atoms with Crippen molar-refractivity contribution in [3.63, 3.8) is 0 Å². The molecular formula is C45H49NO7. The molecule has 0 bridgehead atoms. The van der Waals surface area contributed by atoms with Crippen LogP contribution in [-0.2, 0) is 43.3 Å². The fourth-order valence-corrected chi connectivity index (χ4v) is 7.40. The summed E-state index contributed by atoms with van der Waals surface area (Å²) >= 11 is 0. The van der Waals surface area contributed by atoms with Gasteiger partial charge in [-0.15, -0.1) is 0 Å². The third kappa shape index (κ3) is 9.14. The Morgan fingerprint density at radius 1 is 0.698 bits per heavy atom. The highest BCUT2D eigenvalue weighted by Crippen LogP contribution is 2.42. The predicted molar refractivity (Wildman–Crippen MR) is 202 cm³/mol. The van der Waals surface area contributed by atoms with Crippen LogP contribution >= 0.6 is 0 Å². The van der Waals surface area contributed by atoms with E-state index in [2.05, 4.69) is 68.5 Å². The number of allylic oxidation sites excluding steroid dienone is 1. The van der Waals surface area contributed by atoms with Gasteiger partial charge in [0, 0.05) is 6.42 Å². The van der Waals surface area contributed by atoms with E-state index in [0.29, 0.717) is 44.0 Å². The van der Waals surface area contributed by atoms with Gasteiger partial charge < -0.3 is 23.7 Å². The van der Waals surface area contributed by atoms with Crippen molar-refractivity contribution in [1.82, 2.24) is 4.90 Å². The van der Waals surface area contributed by atoms with E-state index in [9.17, 15) is 9.59 Å². The Morgan fingerprint density at radius 2 is 1.30 bits per heavy atom. The van der Waals surface area contributed by atoms with Gasteiger partial charge in [0.1, 0.15) is 6.10 Å². The van der Waals surface area contributed by atoms with Gasteiger partial charge in [-0.2, -0.15) is 0 Å². The number of carbonyl (C=O) groups is 2. The van der Waals surface area contributed by atoms with Gasteiger partial charge >= 0.3 is 0 Å². The Morgan fingerprint density at radius 3 is 1.92 bits per heavy atom. The molecule has 1 aliphatic carbocycles. The minimum atomic E-state index is -0.481. The molecule has 8 heteroatoms. The lowest BCUT2D eigenvalue weighted by molar-refractivity contribution is -0.229. The number of benzene rings is 4. The van der Waals surface area contributed by atoms with Crippen LogP contribution in [0.15, 0.2) is 109 Å². The molecule has 0 N–H and O–H groups in total. The van der Waals surface area contributed by atoms with Crippen molar-refractivity contribution in [3.05, 3.63) is 154 Å². The predicted octanol–water partition coefficient (Wildman–Crippen LogP) is 8.59. The van der Waals surface area contributed by atoms with E-state index in [4.69, 9.17) is 23.7 Å². The quantitative estimate of drug-likeness (QED) is 0.144. The number of ether oxygens (including phenoxy) is 5. The fourth-order valence-electron chi connectivity index (χ4n) is 7.40. The SMILES string of the molecule is Cc1ccc(COCC2CCC=CO2)cc1.Cc1ccc(COCC2CCCC(O[C@@H]3Cc4ccccc4[C@@H]3N3C(=O)c4ccccc4C3=O)O2)cc1. The standard InChI is InChI=1S/C31H31NO5.C14H18O2/c1-20-13-15-21(16-14-20)18-35-19-23-8-6-12-28(36-23)37-27-17-22-7-2-3-9-24(22)29(27)32-30(33)25-10-4-5-11-26(25)31(32)34;1-12-5-7-13(8-6-12)10-15-11-14-4-2-3-9-16-14/h2-5,7,9-11,13-16,23,27-29H,6,8,12,17-19H2,1H3;3,5-9,14H,2,4,10-11H2,1H3/t23?,27-,28?,29+;/m1./s1. The van der Waals surface area contributed by atoms with Crippen molar-refractivity contribution in [2.45, 2.75) is 96.2 Å². The Bertz CT molecular complexity index is 1840. The number of fused-ring (bicyclic) bond motifs is 2. The Balaban J connectivity index is 0.000000227. The minimum absolute atomic E-state index is 0.0502. The first-order valence-corrected chi connectivity index (χ1v) is 18.9. The van der Waals surface area contributed by atoms with Crippen LogP contribution in [-0.4, -0.2) is 54.5 Å². The van der Waals surface area contributed by atoms with E-state index in [0.717, 1.165) is 48.8 Å². The molecule has 0 radical (unpaired) electrons. The highest BCUT2D eigenvalue weighted by atomic mass is 16.7. The van der Waals surface area contributed by atoms with E-state index < -0.39 is 12.3 Å². The van der Waals surface area contributed by atoms with Crippen molar-refractivity contribution in [2.24, 2.45) is 0 Å². The summed E-state index contributed by atoms with van der Waals surface area (Å²) < 4.78 is 29.9. The van der Waals surface area contributed by atoms with Crippen molar-refractivity contribution < 1.29 is 33.3 Å². The molecule has 8 nitrogen and oxygen atoms in total. The normalized spacial score (nSPS) is 23.2. The monoisotopic (exact) mass is 715 g/mol. The molecular weight excluding hydrogens is 666 g/mol. The number of carbonyl (C=O) groups excluding carboxylic acids is 2. The number of hydrogen-bond acceptors (Lipinski definition) is 7. The lowest BCUT2D eigenvalue weighted by atomic mass is 10.1. The molecule has 1 saturated heterocycles. The summed E-state index contributed by atoms with van der Waals surface area (Å²) in [5.41, 5.74) is 7.85. The Kier molecular flexibility index (Phi) is 12.1. The first kappa shape index (κ1) is 36.7. The molecule has 0 aromatic heterocycles. The molecule has 3 aliphatic heterocycles. The van der Waals surface area contributed by atoms with Gasteiger partial charge in [0.25, 0.3) is 11.8 Å². The lowest BCUT2D eigenvalue weighted by Gasteiger charge is -2.35. The molecule has 5 atom stereocenters. The van der Waals surface area contributed by atoms with E-state index in [-0.39, 0.29) is 30.1 Å². The van der Waals surface area contributed by atoms with Gasteiger partial charge in [0.05, 0.1) is 62.1 Å². The number of nitrogens with zero attached hydrogens (tertiary/aromatic N) is 1. The van der Waals surface area contributed by atoms with Crippen LogP contribution in [0.1, 0.15) is 92.2 Å². The maximum atomic E-state index is 13.3. The highest BCUT2D eigenvalue weighted by molar-refractivity contribution is 6.21. The zero-order valence-corrected chi connectivity index (χ0v) is 30.7. The molecule has 4 aliphatic rings. The smallest absolute Gasteiger partial charge is 0.262 e. The zero-order valence-electron chi connectivity index (χ0n) is 30.7. The molecule has 1 fully saturated rings. The third-order valence-corrected chi connectivity index (χ3v) is 10.3. The second-order valence-corrected chi connectivity index (χ2v) is 14.4. The van der Waals surface area contributed by atoms with Crippen molar-refractivity contribution in [1.29, 1.82) is 0 Å². The van der Waals surface area contributed by atoms with Gasteiger partial charge in [0.2, 0.25) is 0 Å². The number of aryl methyl sites for hydroxylation is 2. The second-order valence-electron chi connectivity index (χ2n) is 14.4. The van der Waals surface area contributed by atoms with Gasteiger partial charge in [-0.25, -0.2) is 0 Å². The molecule has 0 spiro atoms. The number of hydrogen-bond donors (Lipinski definition) is 0. The summed E-state index contributed by atoms with van der Waals surface area (Å²) in [7, 11) is 0. The van der Waals surface area contributed by atoms with Crippen molar-refractivity contribution in [2.75, 3.05) is 13.2 Å². The molecule has 3 unspecified atom stereocenters. The first-order chi connectivity index (χ1) is 25.9. The summed E-state index contributed by atoms with van der Waals surface area (Å²) in [6, 6.07) is 31.3. The molecule has 53 heavy (non-hydrogen) atoms. The van der Waals surface area contributed by atoms with Crippen LogP contribution in [0.5, 0.6) is 0 Å². The van der Waals surface area contributed by atoms with Gasteiger partial charge in [0.15, 0.2) is 6.29 Å². The Hall–Kier alpha value is -4.60. The second kappa shape index (κ2) is 17.5. The lowest BCUT2D eigenvalue weighted by Crippen LogP contribution is -2.42. The maximum Gasteiger partial charge on any atom is 0.262 e. The van der Waals surface area contributed by atoms with Gasteiger partial charge in [-0.05, 0) is 86.4 Å². The minimum Gasteiger partial charge on any atom is -0.496 e. The summed E-state index contributed by atoms with van der Waals surface area (Å²) in [5.74, 6) is -0.523. The largest absolute Gasteiger partial charge is 0.496 e. The van der Waals surface area contributed by atoms with Gasteiger partial charge in [-0.1, -0.05) is 96.1 Å². The van der Waals surface area contributed by atoms with Crippen LogP contribution in [0.2, 0.25) is 0 Å². The Labute approximate surface area is 312 Å². The maximum absolute atomic E-state index is 13.3. The van der Waals surface area contributed by atoms with Gasteiger partial charge in [-0.3, -0.25) is 14.5 Å². The molecule has 0 saturated carbocycles. The summed E-state index contributed by atoms with van der Waals surface area (Å²) in [6.07, 6.45) is 8.69. The van der Waals surface area contributed by atoms with Crippen LogP contribution < -0.4 is 0 Å². The van der Waals surface area contributed by atoms with Crippen LogP contribution in [0.4, 0.5) is 0 Å². The zero-order chi connectivity index (χ0) is 36.6. The average molecular weight is 716 g/mol. The summed E-state index contributed by atoms with van der Waals surface area (Å²) in [6.45, 7) is 6.56. The van der Waals surface area contributed by atoms with Crippen LogP contribution in [0.25, 0.3) is 0 Å². The highest BCUT2D eigenvalue weighted by Gasteiger charge is 2.48. The van der Waals surface area contributed by atoms with Crippen molar-refractivity contribution >= 4 is 11.8 Å². The molecule has 8 rings (SSSR count). The van der Waals surface area contributed by atoms with Crippen LogP contribution in [0.3, 0.4) is 0 Å². The molecule has 3 heterocycles. The van der Waals surface area contributed by atoms with E-state index in [1.54, 1.807) is 30.5 Å². The molecule has 276 valence electrons. The van der Waals surface area contributed by atoms with Crippen molar-refractivity contribution in [3.8, 4) is 0 Å². The fraction of sp³-hybridized carbons (Fsp3) is 0.378. The van der Waals surface area contributed by atoms with E-state index in [1.807, 2.05) is 24.3 Å². The molecule has 4 aromatic rings. The first-order valence-electron chi connectivity index (χ1n) is 18.9. The van der Waals surface area contributed by atoms with Crippen LogP contribution in [0, 0.1) is 13.8 Å². The third-order valence-electron chi connectivity index (χ3n) is 10.3. The number of amides is 2. The topological polar surface area (TPSA) is 83.5 Å². The van der Waals surface area contributed by atoms with E-state index >= 15 is 0 Å². The average Bonchev–Trinajstić information content (AvgIpc) is 3.66. The number of imide groups is 1. The summed E-state index contributed by atoms with van der Waals surface area (Å²) in [4.78, 5) is 28.1. The number of rotatable bonds is 11. The summed E-state index contributed by atoms with van der Waals surface area (Å²) in [5, 5.41) is 0. The molecule has 2 amide bonds. The van der Waals surface area contributed by atoms with E-state index in [1.165, 1.54) is 21.6 Å².